The first kappa shape index (κ1) is 26.8. The van der Waals surface area contributed by atoms with Crippen molar-refractivity contribution in [3.8, 4) is 0 Å². The number of non-ortho nitro benzene ring substituents is 1. The largest absolute Gasteiger partial charge is 0.306 e. The van der Waals surface area contributed by atoms with E-state index in [1.807, 2.05) is 4.68 Å². The molecule has 1 fully saturated rings. The molecule has 1 aliphatic rings. The van der Waals surface area contributed by atoms with Crippen LogP contribution in [0.5, 0.6) is 0 Å². The average Bonchev–Trinajstić information content (AvgIpc) is 3.17. The van der Waals surface area contributed by atoms with E-state index in [1.54, 1.807) is 23.0 Å². The first-order valence-electron chi connectivity index (χ1n) is 12.8. The van der Waals surface area contributed by atoms with Gasteiger partial charge in [0.2, 0.25) is 4.77 Å². The highest BCUT2D eigenvalue weighted by Gasteiger charge is 2.28. The van der Waals surface area contributed by atoms with E-state index in [2.05, 4.69) is 57.4 Å². The molecule has 4 rings (SSSR count). The second-order valence-corrected chi connectivity index (χ2v) is 10.9. The fourth-order valence-electron chi connectivity index (χ4n) is 4.66. The fourth-order valence-corrected chi connectivity index (χ4v) is 4.90. The van der Waals surface area contributed by atoms with Crippen molar-refractivity contribution in [1.82, 2.24) is 19.8 Å². The van der Waals surface area contributed by atoms with Gasteiger partial charge in [0.25, 0.3) is 5.69 Å². The predicted octanol–water partition coefficient (Wildman–Crippen LogP) is 4.56. The number of hydrogen-bond acceptors (Lipinski definition) is 6. The molecule has 196 valence electrons. The van der Waals surface area contributed by atoms with Crippen LogP contribution < -0.4 is 5.32 Å². The lowest BCUT2D eigenvalue weighted by molar-refractivity contribution is -0.933. The molecule has 0 aliphatic carbocycles. The summed E-state index contributed by atoms with van der Waals surface area (Å²) in [5.41, 5.74) is 3.26. The third-order valence-electron chi connectivity index (χ3n) is 6.91. The lowest BCUT2D eigenvalue weighted by Gasteiger charge is -2.37. The van der Waals surface area contributed by atoms with Gasteiger partial charge in [0, 0.05) is 31.1 Å². The molecule has 0 amide bonds. The Labute approximate surface area is 223 Å². The lowest BCUT2D eigenvalue weighted by Crippen LogP contribution is -2.56. The minimum absolute atomic E-state index is 0.0293. The van der Waals surface area contributed by atoms with E-state index in [9.17, 15) is 10.1 Å². The molecule has 37 heavy (non-hydrogen) atoms. The van der Waals surface area contributed by atoms with Crippen LogP contribution in [0.4, 0.5) is 5.69 Å². The fraction of sp³-hybridized carbons (Fsp3) is 0.444. The number of likely N-dealkylation sites (N-methyl/N-ethyl adjacent to an activating group) is 1. The minimum atomic E-state index is -0.410. The monoisotopic (exact) mass is 522 g/mol. The van der Waals surface area contributed by atoms with Gasteiger partial charge >= 0.3 is 0 Å². The molecule has 1 aromatic heterocycles. The molecule has 1 atom stereocenters. The average molecular weight is 523 g/mol. The van der Waals surface area contributed by atoms with Gasteiger partial charge in [0.05, 0.1) is 31.3 Å². The normalized spacial score (nSPS) is 16.4. The summed E-state index contributed by atoms with van der Waals surface area (Å²) < 4.78 is 5.02. The van der Waals surface area contributed by atoms with Crippen LogP contribution in [0.25, 0.3) is 0 Å². The molecule has 9 nitrogen and oxygen atoms in total. The standard InChI is InChI=1S/C27H36N7O2S/c1-20(2)17-22-5-9-24(10-6-22)21(3)26-30-31(19-34(4)15-13-28-14-16-34)27(37)32(26)29-18-23-7-11-25(12-8-23)33(35)36/h5-12,18,20-21,28H,13-17,19H2,1-4H3/q+1/b29-18+. The van der Waals surface area contributed by atoms with Crippen LogP contribution in [0.2, 0.25) is 0 Å². The summed E-state index contributed by atoms with van der Waals surface area (Å²) in [6.07, 6.45) is 2.72. The van der Waals surface area contributed by atoms with E-state index in [1.165, 1.54) is 17.7 Å². The molecular formula is C27H36N7O2S+. The molecule has 0 saturated carbocycles. The molecular weight excluding hydrogens is 486 g/mol. The van der Waals surface area contributed by atoms with E-state index in [-0.39, 0.29) is 11.6 Å². The Morgan fingerprint density at radius 1 is 1.14 bits per heavy atom. The Hall–Kier alpha value is -3.21. The number of hydrogen-bond donors (Lipinski definition) is 1. The third-order valence-corrected chi connectivity index (χ3v) is 7.30. The molecule has 1 unspecified atom stereocenters. The summed E-state index contributed by atoms with van der Waals surface area (Å²) in [6, 6.07) is 15.0. The van der Waals surface area contributed by atoms with Crippen molar-refractivity contribution >= 4 is 24.1 Å². The van der Waals surface area contributed by atoms with E-state index < -0.39 is 4.92 Å². The molecule has 0 spiro atoms. The van der Waals surface area contributed by atoms with E-state index in [0.717, 1.165) is 54.0 Å². The highest BCUT2D eigenvalue weighted by atomic mass is 32.1. The first-order chi connectivity index (χ1) is 17.6. The predicted molar refractivity (Wildman–Crippen MR) is 148 cm³/mol. The highest BCUT2D eigenvalue weighted by molar-refractivity contribution is 7.71. The maximum Gasteiger partial charge on any atom is 0.269 e. The van der Waals surface area contributed by atoms with Crippen LogP contribution >= 0.6 is 12.2 Å². The maximum absolute atomic E-state index is 11.0. The number of aromatic nitrogens is 3. The molecule has 0 bridgehead atoms. The molecule has 3 aromatic rings. The quantitative estimate of drug-likeness (QED) is 0.146. The Bertz CT molecular complexity index is 1300. The molecule has 1 N–H and O–H groups in total. The number of nitro benzene ring substituents is 1. The smallest absolute Gasteiger partial charge is 0.269 e. The summed E-state index contributed by atoms with van der Waals surface area (Å²) >= 11 is 5.87. The zero-order chi connectivity index (χ0) is 26.6. The third kappa shape index (κ3) is 6.57. The molecule has 1 saturated heterocycles. The van der Waals surface area contributed by atoms with Gasteiger partial charge in [-0.3, -0.25) is 10.1 Å². The molecule has 1 aliphatic heterocycles. The molecule has 2 heterocycles. The second kappa shape index (κ2) is 11.5. The van der Waals surface area contributed by atoms with Crippen molar-refractivity contribution in [2.24, 2.45) is 11.0 Å². The van der Waals surface area contributed by atoms with Gasteiger partial charge < -0.3 is 9.80 Å². The van der Waals surface area contributed by atoms with Crippen LogP contribution in [0.1, 0.15) is 49.2 Å². The summed E-state index contributed by atoms with van der Waals surface area (Å²) in [5, 5.41) is 24.1. The number of nitro groups is 1. The Kier molecular flexibility index (Phi) is 8.31. The van der Waals surface area contributed by atoms with Crippen molar-refractivity contribution in [2.45, 2.75) is 39.8 Å². The highest BCUT2D eigenvalue weighted by Crippen LogP contribution is 2.25. The topological polar surface area (TPSA) is 90.3 Å². The van der Waals surface area contributed by atoms with Crippen LogP contribution in [0, 0.1) is 20.8 Å². The van der Waals surface area contributed by atoms with E-state index in [0.29, 0.717) is 17.4 Å². The van der Waals surface area contributed by atoms with Gasteiger partial charge in [0.1, 0.15) is 0 Å². The minimum Gasteiger partial charge on any atom is -0.306 e. The van der Waals surface area contributed by atoms with Gasteiger partial charge in [-0.15, -0.1) is 5.10 Å². The molecule has 10 heteroatoms. The van der Waals surface area contributed by atoms with Gasteiger partial charge in [0.15, 0.2) is 12.5 Å². The number of nitrogens with zero attached hydrogens (tertiary/aromatic N) is 6. The number of rotatable bonds is 9. The summed E-state index contributed by atoms with van der Waals surface area (Å²) in [7, 11) is 2.23. The van der Waals surface area contributed by atoms with Gasteiger partial charge in [-0.1, -0.05) is 45.0 Å². The van der Waals surface area contributed by atoms with Crippen LogP contribution in [0.15, 0.2) is 53.6 Å². The van der Waals surface area contributed by atoms with Crippen molar-refractivity contribution in [2.75, 3.05) is 33.2 Å². The summed E-state index contributed by atoms with van der Waals surface area (Å²) in [5.74, 6) is 1.34. The number of quaternary nitrogens is 1. The number of piperazine rings is 1. The summed E-state index contributed by atoms with van der Waals surface area (Å²) in [6.45, 7) is 11.2. The van der Waals surface area contributed by atoms with Crippen LogP contribution in [-0.4, -0.2) is 63.3 Å². The second-order valence-electron chi connectivity index (χ2n) is 10.6. The Morgan fingerprint density at radius 3 is 2.38 bits per heavy atom. The van der Waals surface area contributed by atoms with E-state index >= 15 is 0 Å². The van der Waals surface area contributed by atoms with Crippen LogP contribution in [0.3, 0.4) is 0 Å². The first-order valence-corrected chi connectivity index (χ1v) is 13.2. The molecule has 0 radical (unpaired) electrons. The van der Waals surface area contributed by atoms with Crippen molar-refractivity contribution in [3.63, 3.8) is 0 Å². The van der Waals surface area contributed by atoms with Gasteiger partial charge in [-0.25, -0.2) is 0 Å². The van der Waals surface area contributed by atoms with Gasteiger partial charge in [-0.05, 0) is 53.4 Å². The van der Waals surface area contributed by atoms with E-state index in [4.69, 9.17) is 22.4 Å². The lowest BCUT2D eigenvalue weighted by atomic mass is 9.96. The van der Waals surface area contributed by atoms with Crippen molar-refractivity contribution in [3.05, 3.63) is 85.9 Å². The maximum atomic E-state index is 11.0. The summed E-state index contributed by atoms with van der Waals surface area (Å²) in [4.78, 5) is 10.6. The Balaban J connectivity index is 1.68. The zero-order valence-electron chi connectivity index (χ0n) is 22.0. The Morgan fingerprint density at radius 2 is 1.78 bits per heavy atom. The van der Waals surface area contributed by atoms with Crippen molar-refractivity contribution < 1.29 is 9.41 Å². The van der Waals surface area contributed by atoms with Crippen molar-refractivity contribution in [1.29, 1.82) is 0 Å². The van der Waals surface area contributed by atoms with Gasteiger partial charge in [-0.2, -0.15) is 14.5 Å². The SMILES string of the molecule is CC(C)Cc1ccc(C(C)c2nn(C[N+]3(C)CCNCC3)c(=S)n2/N=C/c2ccc([N+](=O)[O-])cc2)cc1. The van der Waals surface area contributed by atoms with Crippen LogP contribution in [-0.2, 0) is 13.1 Å². The zero-order valence-corrected chi connectivity index (χ0v) is 22.8. The molecule has 2 aromatic carbocycles. The number of benzene rings is 2. The number of nitrogens with one attached hydrogen (secondary N) is 1.